The van der Waals surface area contributed by atoms with Crippen LogP contribution in [0.1, 0.15) is 0 Å². The molecule has 0 atom stereocenters. The van der Waals surface area contributed by atoms with E-state index in [2.05, 4.69) is 15.6 Å². The molecule has 2 N–H and O–H groups in total. The number of anilines is 2. The number of amides is 2. The summed E-state index contributed by atoms with van der Waals surface area (Å²) in [6, 6.07) is 7.82. The first-order chi connectivity index (χ1) is 12.0. The van der Waals surface area contributed by atoms with E-state index in [4.69, 9.17) is 40.1 Å². The van der Waals surface area contributed by atoms with Crippen molar-refractivity contribution < 1.29 is 4.79 Å². The van der Waals surface area contributed by atoms with Crippen LogP contribution in [-0.4, -0.2) is 11.0 Å². The number of nitriles is 1. The number of thiazole rings is 1. The van der Waals surface area contributed by atoms with E-state index in [0.717, 1.165) is 11.8 Å². The quantitative estimate of drug-likeness (QED) is 0.369. The molecule has 1 heterocycles. The average Bonchev–Trinajstić information content (AvgIpc) is 2.99. The number of aromatic nitrogens is 1. The van der Waals surface area contributed by atoms with E-state index in [9.17, 15) is 4.79 Å². The van der Waals surface area contributed by atoms with Crippen molar-refractivity contribution in [1.82, 2.24) is 4.98 Å². The second-order valence-electron chi connectivity index (χ2n) is 4.65. The van der Waals surface area contributed by atoms with Crippen LogP contribution in [0.3, 0.4) is 0 Å². The molecule has 2 aromatic carbocycles. The van der Waals surface area contributed by atoms with Crippen molar-refractivity contribution in [3.63, 3.8) is 0 Å². The third-order valence-corrected chi connectivity index (χ3v) is 5.77. The highest BCUT2D eigenvalue weighted by Crippen LogP contribution is 2.41. The molecule has 0 aliphatic heterocycles. The van der Waals surface area contributed by atoms with Crippen molar-refractivity contribution in [3.05, 3.63) is 45.4 Å². The monoisotopic (exact) mass is 428 g/mol. The van der Waals surface area contributed by atoms with E-state index in [0.29, 0.717) is 41.0 Å². The number of hydrogen-bond acceptors (Lipinski definition) is 5. The first kappa shape index (κ1) is 18.1. The molecule has 0 aliphatic carbocycles. The number of thiocyanates is 1. The third kappa shape index (κ3) is 4.11. The van der Waals surface area contributed by atoms with Crippen molar-refractivity contribution >= 4 is 85.0 Å². The molecule has 3 rings (SSSR count). The number of hydrogen-bond donors (Lipinski definition) is 2. The Morgan fingerprint density at radius 3 is 2.60 bits per heavy atom. The van der Waals surface area contributed by atoms with Crippen LogP contribution in [0.15, 0.2) is 35.2 Å². The molecular weight excluding hydrogens is 423 g/mol. The van der Waals surface area contributed by atoms with Gasteiger partial charge in [0, 0.05) is 10.7 Å². The van der Waals surface area contributed by atoms with Gasteiger partial charge in [-0.15, -0.1) is 0 Å². The summed E-state index contributed by atoms with van der Waals surface area (Å²) in [6.07, 6.45) is 0. The number of nitrogens with zero attached hydrogens (tertiary/aromatic N) is 2. The van der Waals surface area contributed by atoms with Gasteiger partial charge in [0.25, 0.3) is 0 Å². The largest absolute Gasteiger partial charge is 0.325 e. The van der Waals surface area contributed by atoms with Crippen molar-refractivity contribution in [3.8, 4) is 5.40 Å². The standard InChI is InChI=1S/C15H7Cl3N4OS2/c16-7-1-3-8(4-2-7)20-14(23)22-15-21-12-10(24-6-19)5-9(17)11(18)13(12)25-15/h1-5H,(H2,20,21,22,23). The Bertz CT molecular complexity index is 999. The van der Waals surface area contributed by atoms with E-state index < -0.39 is 6.03 Å². The minimum Gasteiger partial charge on any atom is -0.308 e. The minimum atomic E-state index is -0.460. The molecular formula is C15H7Cl3N4OS2. The molecule has 0 spiro atoms. The van der Waals surface area contributed by atoms with Crippen molar-refractivity contribution in [2.24, 2.45) is 0 Å². The maximum atomic E-state index is 12.1. The van der Waals surface area contributed by atoms with Gasteiger partial charge in [0.2, 0.25) is 0 Å². The Labute approximate surface area is 165 Å². The summed E-state index contributed by atoms with van der Waals surface area (Å²) in [5, 5.41) is 17.8. The number of nitrogens with one attached hydrogen (secondary N) is 2. The van der Waals surface area contributed by atoms with Crippen LogP contribution in [0.25, 0.3) is 10.2 Å². The Morgan fingerprint density at radius 1 is 1.20 bits per heavy atom. The molecule has 0 unspecified atom stereocenters. The zero-order chi connectivity index (χ0) is 18.0. The normalized spacial score (nSPS) is 10.5. The molecule has 0 saturated heterocycles. The molecule has 0 radical (unpaired) electrons. The minimum absolute atomic E-state index is 0.327. The van der Waals surface area contributed by atoms with Gasteiger partial charge in [-0.1, -0.05) is 46.1 Å². The molecule has 0 fully saturated rings. The number of urea groups is 1. The molecule has 25 heavy (non-hydrogen) atoms. The van der Waals surface area contributed by atoms with Gasteiger partial charge >= 0.3 is 6.03 Å². The Kier molecular flexibility index (Phi) is 5.57. The van der Waals surface area contributed by atoms with Crippen molar-refractivity contribution in [2.75, 3.05) is 10.6 Å². The van der Waals surface area contributed by atoms with Gasteiger partial charge in [-0.2, -0.15) is 5.26 Å². The van der Waals surface area contributed by atoms with Crippen molar-refractivity contribution in [1.29, 1.82) is 5.26 Å². The highest BCUT2D eigenvalue weighted by atomic mass is 35.5. The van der Waals surface area contributed by atoms with Crippen LogP contribution in [0.4, 0.5) is 15.6 Å². The summed E-state index contributed by atoms with van der Waals surface area (Å²) in [4.78, 5) is 17.0. The van der Waals surface area contributed by atoms with Crippen LogP contribution >= 0.6 is 57.9 Å². The lowest BCUT2D eigenvalue weighted by molar-refractivity contribution is 0.262. The van der Waals surface area contributed by atoms with Crippen LogP contribution in [0, 0.1) is 10.7 Å². The topological polar surface area (TPSA) is 77.8 Å². The van der Waals surface area contributed by atoms with Crippen LogP contribution in [0.5, 0.6) is 0 Å². The zero-order valence-corrected chi connectivity index (χ0v) is 16.0. The number of halogens is 3. The second kappa shape index (κ2) is 7.68. The molecule has 0 aliphatic rings. The fourth-order valence-corrected chi connectivity index (χ4v) is 4.18. The smallest absolute Gasteiger partial charge is 0.308 e. The molecule has 0 bridgehead atoms. The molecule has 126 valence electrons. The van der Waals surface area contributed by atoms with Crippen LogP contribution < -0.4 is 10.6 Å². The van der Waals surface area contributed by atoms with Gasteiger partial charge in [0.15, 0.2) is 5.13 Å². The third-order valence-electron chi connectivity index (χ3n) is 3.01. The first-order valence-electron chi connectivity index (χ1n) is 6.66. The molecule has 10 heteroatoms. The summed E-state index contributed by atoms with van der Waals surface area (Å²) < 4.78 is 0.605. The fourth-order valence-electron chi connectivity index (χ4n) is 1.96. The van der Waals surface area contributed by atoms with Crippen LogP contribution in [0.2, 0.25) is 15.1 Å². The van der Waals surface area contributed by atoms with Gasteiger partial charge < -0.3 is 5.32 Å². The first-order valence-corrected chi connectivity index (χ1v) is 9.42. The van der Waals surface area contributed by atoms with E-state index >= 15 is 0 Å². The van der Waals surface area contributed by atoms with E-state index in [1.54, 1.807) is 30.3 Å². The molecule has 5 nitrogen and oxygen atoms in total. The van der Waals surface area contributed by atoms with Gasteiger partial charge in [0.05, 0.1) is 25.2 Å². The lowest BCUT2D eigenvalue weighted by atomic mass is 10.3. The highest BCUT2D eigenvalue weighted by Gasteiger charge is 2.16. The zero-order valence-electron chi connectivity index (χ0n) is 12.1. The summed E-state index contributed by atoms with van der Waals surface area (Å²) in [5.74, 6) is 0. The SMILES string of the molecule is N#CSc1cc(Cl)c(Cl)c2sc(NC(=O)Nc3ccc(Cl)cc3)nc12. The lowest BCUT2D eigenvalue weighted by Crippen LogP contribution is -2.19. The predicted octanol–water partition coefficient (Wildman–Crippen LogP) is 6.47. The van der Waals surface area contributed by atoms with Gasteiger partial charge in [-0.3, -0.25) is 5.32 Å². The Morgan fingerprint density at radius 2 is 1.92 bits per heavy atom. The lowest BCUT2D eigenvalue weighted by Gasteiger charge is -2.04. The second-order valence-corrected chi connectivity index (χ2v) is 7.69. The summed E-state index contributed by atoms with van der Waals surface area (Å²) in [7, 11) is 0. The summed E-state index contributed by atoms with van der Waals surface area (Å²) >= 11 is 20.2. The van der Waals surface area contributed by atoms with Crippen molar-refractivity contribution in [2.45, 2.75) is 4.90 Å². The number of carbonyl (C=O) groups is 1. The van der Waals surface area contributed by atoms with Crippen LogP contribution in [-0.2, 0) is 0 Å². The Hall–Kier alpha value is -1.69. The number of benzene rings is 2. The predicted molar refractivity (Wildman–Crippen MR) is 105 cm³/mol. The number of thioether (sulfide) groups is 1. The van der Waals surface area contributed by atoms with E-state index in [-0.39, 0.29) is 0 Å². The summed E-state index contributed by atoms with van der Waals surface area (Å²) in [5.41, 5.74) is 1.11. The molecule has 0 saturated carbocycles. The van der Waals surface area contributed by atoms with Gasteiger partial charge in [-0.25, -0.2) is 9.78 Å². The Balaban J connectivity index is 1.85. The van der Waals surface area contributed by atoms with Gasteiger partial charge in [0.1, 0.15) is 5.40 Å². The molecule has 2 amide bonds. The molecule has 1 aromatic heterocycles. The molecule has 3 aromatic rings. The number of fused-ring (bicyclic) bond motifs is 1. The summed E-state index contributed by atoms with van der Waals surface area (Å²) in [6.45, 7) is 0. The number of carbonyl (C=O) groups excluding carboxylic acids is 1. The average molecular weight is 430 g/mol. The van der Waals surface area contributed by atoms with E-state index in [1.807, 2.05) is 5.40 Å². The highest BCUT2D eigenvalue weighted by molar-refractivity contribution is 8.04. The number of rotatable bonds is 3. The maximum absolute atomic E-state index is 12.1. The maximum Gasteiger partial charge on any atom is 0.325 e. The fraction of sp³-hybridized carbons (Fsp3) is 0. The van der Waals surface area contributed by atoms with Gasteiger partial charge in [-0.05, 0) is 42.1 Å². The van der Waals surface area contributed by atoms with E-state index in [1.165, 1.54) is 11.3 Å².